The minimum absolute atomic E-state index is 0.249. The summed E-state index contributed by atoms with van der Waals surface area (Å²) in [6.45, 7) is 2.68. The van der Waals surface area contributed by atoms with Crippen LogP contribution in [0.3, 0.4) is 0 Å². The first-order valence-electron chi connectivity index (χ1n) is 5.39. The highest BCUT2D eigenvalue weighted by Gasteiger charge is 2.20. The fourth-order valence-electron chi connectivity index (χ4n) is 1.61. The first kappa shape index (κ1) is 11.0. The number of allylic oxidation sites excluding steroid dienone is 1. The zero-order valence-corrected chi connectivity index (χ0v) is 9.31. The third-order valence-electron chi connectivity index (χ3n) is 2.47. The molecule has 3 N–H and O–H groups in total. The second-order valence-electron chi connectivity index (χ2n) is 3.82. The minimum Gasteiger partial charge on any atom is -0.496 e. The Morgan fingerprint density at radius 2 is 2.19 bits per heavy atom. The van der Waals surface area contributed by atoms with Gasteiger partial charge in [-0.1, -0.05) is 0 Å². The van der Waals surface area contributed by atoms with Crippen LogP contribution in [0.5, 0.6) is 0 Å². The van der Waals surface area contributed by atoms with E-state index in [0.29, 0.717) is 5.82 Å². The molecule has 0 saturated carbocycles. The maximum absolute atomic E-state index is 5.55. The van der Waals surface area contributed by atoms with Gasteiger partial charge in [0.1, 0.15) is 11.8 Å². The first-order chi connectivity index (χ1) is 7.81. The quantitative estimate of drug-likeness (QED) is 0.587. The largest absolute Gasteiger partial charge is 0.496 e. The highest BCUT2D eigenvalue weighted by Crippen LogP contribution is 2.22. The summed E-state index contributed by atoms with van der Waals surface area (Å²) in [5.41, 5.74) is 3.72. The maximum Gasteiger partial charge on any atom is 0.154 e. The summed E-state index contributed by atoms with van der Waals surface area (Å²) in [4.78, 5) is 8.50. The van der Waals surface area contributed by atoms with Crippen LogP contribution in [-0.2, 0) is 4.74 Å². The van der Waals surface area contributed by atoms with Crippen LogP contribution in [0, 0.1) is 6.92 Å². The molecule has 1 aliphatic heterocycles. The lowest BCUT2D eigenvalue weighted by atomic mass is 10.1. The molecule has 5 heteroatoms. The van der Waals surface area contributed by atoms with Crippen molar-refractivity contribution < 1.29 is 4.74 Å². The summed E-state index contributed by atoms with van der Waals surface area (Å²) in [5.74, 6) is 6.98. The molecule has 0 aliphatic carbocycles. The van der Waals surface area contributed by atoms with E-state index >= 15 is 0 Å². The predicted octanol–water partition coefficient (Wildman–Crippen LogP) is 0.984. The minimum atomic E-state index is -0.249. The monoisotopic (exact) mass is 220 g/mol. The van der Waals surface area contributed by atoms with Gasteiger partial charge in [0, 0.05) is 12.4 Å². The van der Waals surface area contributed by atoms with Gasteiger partial charge in [-0.3, -0.25) is 5.84 Å². The van der Waals surface area contributed by atoms with E-state index in [4.69, 9.17) is 10.6 Å². The standard InChI is InChI=1S/C11H16N4O/c1-8-6-13-11(14-7-8)10(15-12)9-4-2-3-5-16-9/h4,6-7,10,15H,2-3,5,12H2,1H3. The van der Waals surface area contributed by atoms with Crippen molar-refractivity contribution in [1.29, 1.82) is 0 Å². The van der Waals surface area contributed by atoms with Crippen LogP contribution in [0.4, 0.5) is 0 Å². The van der Waals surface area contributed by atoms with Gasteiger partial charge < -0.3 is 4.74 Å². The molecular weight excluding hydrogens is 204 g/mol. The number of aryl methyl sites for hydroxylation is 1. The van der Waals surface area contributed by atoms with Gasteiger partial charge in [-0.15, -0.1) is 0 Å². The molecule has 16 heavy (non-hydrogen) atoms. The van der Waals surface area contributed by atoms with Crippen LogP contribution >= 0.6 is 0 Å². The molecule has 0 spiro atoms. The Labute approximate surface area is 94.7 Å². The first-order valence-corrected chi connectivity index (χ1v) is 5.39. The number of aromatic nitrogens is 2. The number of hydrogen-bond donors (Lipinski definition) is 2. The number of nitrogens with two attached hydrogens (primary N) is 1. The second kappa shape index (κ2) is 5.05. The van der Waals surface area contributed by atoms with Crippen LogP contribution in [0.25, 0.3) is 0 Å². The molecule has 0 aromatic carbocycles. The van der Waals surface area contributed by atoms with Crippen LogP contribution < -0.4 is 11.3 Å². The second-order valence-corrected chi connectivity index (χ2v) is 3.82. The number of hydrazine groups is 1. The zero-order valence-electron chi connectivity index (χ0n) is 9.31. The van der Waals surface area contributed by atoms with E-state index in [1.807, 2.05) is 13.0 Å². The fraction of sp³-hybridized carbons (Fsp3) is 0.455. The van der Waals surface area contributed by atoms with E-state index in [1.165, 1.54) is 0 Å². The molecule has 0 fully saturated rings. The molecule has 86 valence electrons. The van der Waals surface area contributed by atoms with Crippen LogP contribution in [0.1, 0.15) is 30.3 Å². The number of nitrogens with one attached hydrogen (secondary N) is 1. The summed E-state index contributed by atoms with van der Waals surface area (Å²) in [6, 6.07) is -0.249. The molecule has 2 heterocycles. The van der Waals surface area contributed by atoms with Crippen molar-refractivity contribution in [2.75, 3.05) is 6.61 Å². The van der Waals surface area contributed by atoms with Gasteiger partial charge in [0.15, 0.2) is 5.82 Å². The molecule has 0 saturated heterocycles. The SMILES string of the molecule is Cc1cnc(C(NN)C2=CCCCO2)nc1. The van der Waals surface area contributed by atoms with Crippen molar-refractivity contribution >= 4 is 0 Å². The van der Waals surface area contributed by atoms with Gasteiger partial charge in [0.05, 0.1) is 6.61 Å². The van der Waals surface area contributed by atoms with E-state index in [-0.39, 0.29) is 6.04 Å². The Balaban J connectivity index is 2.21. The molecule has 5 nitrogen and oxygen atoms in total. The lowest BCUT2D eigenvalue weighted by Gasteiger charge is -2.21. The van der Waals surface area contributed by atoms with E-state index < -0.39 is 0 Å². The summed E-state index contributed by atoms with van der Waals surface area (Å²) in [6.07, 6.45) is 7.65. The van der Waals surface area contributed by atoms with Gasteiger partial charge in [-0.25, -0.2) is 15.4 Å². The molecule has 1 aliphatic rings. The van der Waals surface area contributed by atoms with Crippen LogP contribution in [-0.4, -0.2) is 16.6 Å². The van der Waals surface area contributed by atoms with Crippen molar-refractivity contribution in [2.45, 2.75) is 25.8 Å². The van der Waals surface area contributed by atoms with Gasteiger partial charge in [-0.2, -0.15) is 0 Å². The predicted molar refractivity (Wildman–Crippen MR) is 60.1 cm³/mol. The molecule has 0 radical (unpaired) electrons. The topological polar surface area (TPSA) is 73.1 Å². The Hall–Kier alpha value is -1.46. The van der Waals surface area contributed by atoms with Crippen molar-refractivity contribution in [3.05, 3.63) is 35.6 Å². The van der Waals surface area contributed by atoms with Crippen LogP contribution in [0.2, 0.25) is 0 Å². The normalized spacial score (nSPS) is 17.5. The van der Waals surface area contributed by atoms with Crippen molar-refractivity contribution in [3.63, 3.8) is 0 Å². The smallest absolute Gasteiger partial charge is 0.154 e. The van der Waals surface area contributed by atoms with E-state index in [0.717, 1.165) is 30.8 Å². The van der Waals surface area contributed by atoms with Gasteiger partial charge in [0.2, 0.25) is 0 Å². The van der Waals surface area contributed by atoms with E-state index in [9.17, 15) is 0 Å². The Morgan fingerprint density at radius 3 is 2.75 bits per heavy atom. The summed E-state index contributed by atoms with van der Waals surface area (Å²) in [5, 5.41) is 0. The zero-order chi connectivity index (χ0) is 11.4. The summed E-state index contributed by atoms with van der Waals surface area (Å²) >= 11 is 0. The molecule has 1 aromatic rings. The lowest BCUT2D eigenvalue weighted by molar-refractivity contribution is 0.166. The Morgan fingerprint density at radius 1 is 1.44 bits per heavy atom. The average molecular weight is 220 g/mol. The molecule has 1 atom stereocenters. The highest BCUT2D eigenvalue weighted by molar-refractivity contribution is 5.15. The van der Waals surface area contributed by atoms with Gasteiger partial charge >= 0.3 is 0 Å². The lowest BCUT2D eigenvalue weighted by Crippen LogP contribution is -2.32. The molecular formula is C11H16N4O. The number of nitrogens with zero attached hydrogens (tertiary/aromatic N) is 2. The van der Waals surface area contributed by atoms with Crippen molar-refractivity contribution in [2.24, 2.45) is 5.84 Å². The number of rotatable bonds is 3. The molecule has 0 amide bonds. The number of ether oxygens (including phenoxy) is 1. The summed E-state index contributed by atoms with van der Waals surface area (Å²) < 4.78 is 5.55. The molecule has 2 rings (SSSR count). The molecule has 0 bridgehead atoms. The summed E-state index contributed by atoms with van der Waals surface area (Å²) in [7, 11) is 0. The molecule has 1 unspecified atom stereocenters. The Kier molecular flexibility index (Phi) is 3.48. The Bertz CT molecular complexity index is 374. The third-order valence-corrected chi connectivity index (χ3v) is 2.47. The van der Waals surface area contributed by atoms with E-state index in [1.54, 1.807) is 12.4 Å². The maximum atomic E-state index is 5.55. The van der Waals surface area contributed by atoms with E-state index in [2.05, 4.69) is 15.4 Å². The van der Waals surface area contributed by atoms with Gasteiger partial charge in [-0.05, 0) is 31.4 Å². The van der Waals surface area contributed by atoms with Crippen LogP contribution in [0.15, 0.2) is 24.2 Å². The molecule has 1 aromatic heterocycles. The fourth-order valence-corrected chi connectivity index (χ4v) is 1.61. The van der Waals surface area contributed by atoms with Crippen molar-refractivity contribution in [1.82, 2.24) is 15.4 Å². The third kappa shape index (κ3) is 2.37. The van der Waals surface area contributed by atoms with Gasteiger partial charge in [0.25, 0.3) is 0 Å². The number of hydrogen-bond acceptors (Lipinski definition) is 5. The highest BCUT2D eigenvalue weighted by atomic mass is 16.5. The van der Waals surface area contributed by atoms with Crippen molar-refractivity contribution in [3.8, 4) is 0 Å². The average Bonchev–Trinajstić information content (AvgIpc) is 2.34.